The van der Waals surface area contributed by atoms with E-state index in [2.05, 4.69) is 10.6 Å². The summed E-state index contributed by atoms with van der Waals surface area (Å²) in [4.78, 5) is 11.0. The van der Waals surface area contributed by atoms with E-state index in [4.69, 9.17) is 4.42 Å². The van der Waals surface area contributed by atoms with Crippen molar-refractivity contribution >= 4 is 11.9 Å². The standard InChI is InChI=1S/C8H11FN2O2/c1-6(5-9)10-8(12)11-7-3-2-4-13-7/h2-4,6H,5H2,1H3,(H2,10,11,12). The first kappa shape index (κ1) is 9.57. The summed E-state index contributed by atoms with van der Waals surface area (Å²) >= 11 is 0. The van der Waals surface area contributed by atoms with Crippen LogP contribution >= 0.6 is 0 Å². The minimum Gasteiger partial charge on any atom is -0.449 e. The van der Waals surface area contributed by atoms with Gasteiger partial charge in [0.25, 0.3) is 0 Å². The fourth-order valence-corrected chi connectivity index (χ4v) is 0.760. The molecule has 0 aliphatic rings. The first-order valence-corrected chi connectivity index (χ1v) is 3.89. The van der Waals surface area contributed by atoms with Crippen molar-refractivity contribution < 1.29 is 13.6 Å². The van der Waals surface area contributed by atoms with E-state index in [9.17, 15) is 9.18 Å². The molecule has 1 heterocycles. The molecule has 0 bridgehead atoms. The second kappa shape index (κ2) is 4.49. The number of anilines is 1. The largest absolute Gasteiger partial charge is 0.449 e. The minimum atomic E-state index is -0.592. The van der Waals surface area contributed by atoms with Gasteiger partial charge in [0.05, 0.1) is 12.3 Å². The molecule has 5 heteroatoms. The van der Waals surface area contributed by atoms with Gasteiger partial charge in [-0.15, -0.1) is 0 Å². The molecule has 1 atom stereocenters. The van der Waals surface area contributed by atoms with Gasteiger partial charge in [0.1, 0.15) is 6.67 Å². The smallest absolute Gasteiger partial charge is 0.321 e. The van der Waals surface area contributed by atoms with Gasteiger partial charge in [0, 0.05) is 6.07 Å². The molecule has 0 radical (unpaired) electrons. The van der Waals surface area contributed by atoms with E-state index in [0.717, 1.165) is 0 Å². The number of hydrogen-bond donors (Lipinski definition) is 2. The van der Waals surface area contributed by atoms with Crippen LogP contribution < -0.4 is 10.6 Å². The van der Waals surface area contributed by atoms with Gasteiger partial charge in [-0.2, -0.15) is 0 Å². The molecule has 72 valence electrons. The Morgan fingerprint density at radius 3 is 3.08 bits per heavy atom. The van der Waals surface area contributed by atoms with Crippen LogP contribution in [0.15, 0.2) is 22.8 Å². The van der Waals surface area contributed by atoms with Crippen molar-refractivity contribution in [3.63, 3.8) is 0 Å². The van der Waals surface area contributed by atoms with Crippen LogP contribution in [0.3, 0.4) is 0 Å². The van der Waals surface area contributed by atoms with E-state index in [1.54, 1.807) is 19.1 Å². The highest BCUT2D eigenvalue weighted by molar-refractivity contribution is 5.87. The van der Waals surface area contributed by atoms with E-state index in [1.165, 1.54) is 6.26 Å². The highest BCUT2D eigenvalue weighted by Crippen LogP contribution is 2.05. The molecule has 4 nitrogen and oxygen atoms in total. The number of alkyl halides is 1. The van der Waals surface area contributed by atoms with Crippen molar-refractivity contribution in [2.75, 3.05) is 12.0 Å². The Balaban J connectivity index is 2.34. The second-order valence-corrected chi connectivity index (χ2v) is 2.63. The maximum atomic E-state index is 12.0. The lowest BCUT2D eigenvalue weighted by Gasteiger charge is -2.09. The summed E-state index contributed by atoms with van der Waals surface area (Å²) in [5, 5.41) is 4.79. The monoisotopic (exact) mass is 186 g/mol. The van der Waals surface area contributed by atoms with Gasteiger partial charge in [-0.05, 0) is 13.0 Å². The first-order chi connectivity index (χ1) is 6.22. The van der Waals surface area contributed by atoms with Crippen molar-refractivity contribution in [3.05, 3.63) is 18.4 Å². The zero-order valence-electron chi connectivity index (χ0n) is 7.21. The van der Waals surface area contributed by atoms with E-state index in [-0.39, 0.29) is 0 Å². The van der Waals surface area contributed by atoms with E-state index >= 15 is 0 Å². The summed E-state index contributed by atoms with van der Waals surface area (Å²) in [7, 11) is 0. The van der Waals surface area contributed by atoms with Gasteiger partial charge in [-0.25, -0.2) is 9.18 Å². The van der Waals surface area contributed by atoms with Crippen LogP contribution in [-0.4, -0.2) is 18.7 Å². The van der Waals surface area contributed by atoms with Crippen molar-refractivity contribution in [1.82, 2.24) is 5.32 Å². The van der Waals surface area contributed by atoms with E-state index in [0.29, 0.717) is 5.88 Å². The molecule has 2 amide bonds. The summed E-state index contributed by atoms with van der Waals surface area (Å²) in [5.74, 6) is 0.337. The number of furan rings is 1. The number of halogens is 1. The summed E-state index contributed by atoms with van der Waals surface area (Å²) in [6.07, 6.45) is 1.44. The number of rotatable bonds is 3. The SMILES string of the molecule is CC(CF)NC(=O)Nc1ccco1. The maximum Gasteiger partial charge on any atom is 0.321 e. The van der Waals surface area contributed by atoms with Gasteiger partial charge in [0.2, 0.25) is 5.88 Å². The zero-order valence-corrected chi connectivity index (χ0v) is 7.21. The molecule has 0 saturated heterocycles. The predicted molar refractivity (Wildman–Crippen MR) is 46.3 cm³/mol. The lowest BCUT2D eigenvalue weighted by atomic mass is 10.4. The maximum absolute atomic E-state index is 12.0. The van der Waals surface area contributed by atoms with Gasteiger partial charge in [-0.3, -0.25) is 5.32 Å². The molecular formula is C8H11FN2O2. The molecule has 0 aromatic carbocycles. The minimum absolute atomic E-state index is 0.337. The van der Waals surface area contributed by atoms with Crippen LogP contribution in [0.4, 0.5) is 15.1 Å². The molecule has 1 rings (SSSR count). The summed E-state index contributed by atoms with van der Waals surface area (Å²) in [6.45, 7) is 0.979. The summed E-state index contributed by atoms with van der Waals surface area (Å²) in [6, 6.07) is 2.28. The van der Waals surface area contributed by atoms with Gasteiger partial charge >= 0.3 is 6.03 Å². The third-order valence-corrected chi connectivity index (χ3v) is 1.37. The molecule has 2 N–H and O–H groups in total. The molecule has 1 aromatic rings. The molecule has 0 saturated carbocycles. The lowest BCUT2D eigenvalue weighted by molar-refractivity contribution is 0.246. The van der Waals surface area contributed by atoms with Crippen LogP contribution in [0.2, 0.25) is 0 Å². The average Bonchev–Trinajstić information content (AvgIpc) is 2.56. The Kier molecular flexibility index (Phi) is 3.31. The number of carbonyl (C=O) groups is 1. The van der Waals surface area contributed by atoms with E-state index in [1.807, 2.05) is 0 Å². The zero-order chi connectivity index (χ0) is 9.68. The topological polar surface area (TPSA) is 54.3 Å². The lowest BCUT2D eigenvalue weighted by Crippen LogP contribution is -2.37. The van der Waals surface area contributed by atoms with Crippen molar-refractivity contribution in [2.45, 2.75) is 13.0 Å². The molecule has 1 aromatic heterocycles. The van der Waals surface area contributed by atoms with Crippen LogP contribution in [-0.2, 0) is 0 Å². The number of nitrogens with one attached hydrogen (secondary N) is 2. The Labute approximate surface area is 75.1 Å². The Morgan fingerprint density at radius 2 is 2.54 bits per heavy atom. The first-order valence-electron chi connectivity index (χ1n) is 3.89. The fraction of sp³-hybridized carbons (Fsp3) is 0.375. The normalized spacial score (nSPS) is 12.2. The number of carbonyl (C=O) groups excluding carboxylic acids is 1. The van der Waals surface area contributed by atoms with Crippen molar-refractivity contribution in [1.29, 1.82) is 0 Å². The van der Waals surface area contributed by atoms with Gasteiger partial charge in [-0.1, -0.05) is 0 Å². The molecule has 1 unspecified atom stereocenters. The summed E-state index contributed by atoms with van der Waals surface area (Å²) in [5.41, 5.74) is 0. The second-order valence-electron chi connectivity index (χ2n) is 2.63. The Bertz CT molecular complexity index is 261. The fourth-order valence-electron chi connectivity index (χ4n) is 0.760. The molecule has 0 aliphatic heterocycles. The number of amides is 2. The van der Waals surface area contributed by atoms with Crippen molar-refractivity contribution in [2.24, 2.45) is 0 Å². The van der Waals surface area contributed by atoms with Crippen LogP contribution in [0.5, 0.6) is 0 Å². The molecular weight excluding hydrogens is 175 g/mol. The van der Waals surface area contributed by atoms with Crippen LogP contribution in [0, 0.1) is 0 Å². The Morgan fingerprint density at radius 1 is 1.77 bits per heavy atom. The molecule has 13 heavy (non-hydrogen) atoms. The van der Waals surface area contributed by atoms with Crippen LogP contribution in [0.1, 0.15) is 6.92 Å². The van der Waals surface area contributed by atoms with Crippen molar-refractivity contribution in [3.8, 4) is 0 Å². The van der Waals surface area contributed by atoms with E-state index < -0.39 is 18.7 Å². The van der Waals surface area contributed by atoms with Crippen LogP contribution in [0.25, 0.3) is 0 Å². The predicted octanol–water partition coefficient (Wildman–Crippen LogP) is 1.76. The molecule has 0 spiro atoms. The summed E-state index contributed by atoms with van der Waals surface area (Å²) < 4.78 is 16.8. The molecule has 0 aliphatic carbocycles. The Hall–Kier alpha value is -1.52. The average molecular weight is 186 g/mol. The quantitative estimate of drug-likeness (QED) is 0.755. The highest BCUT2D eigenvalue weighted by Gasteiger charge is 2.07. The molecule has 0 fully saturated rings. The number of urea groups is 1. The van der Waals surface area contributed by atoms with Gasteiger partial charge in [0.15, 0.2) is 0 Å². The number of hydrogen-bond acceptors (Lipinski definition) is 2. The highest BCUT2D eigenvalue weighted by atomic mass is 19.1. The van der Waals surface area contributed by atoms with Gasteiger partial charge < -0.3 is 9.73 Å². The third-order valence-electron chi connectivity index (χ3n) is 1.37. The third kappa shape index (κ3) is 3.14.